The number of benzene rings is 1. The fourth-order valence-electron chi connectivity index (χ4n) is 1.35. The Morgan fingerprint density at radius 2 is 2.20 bits per heavy atom. The van der Waals surface area contributed by atoms with Crippen molar-refractivity contribution in [1.82, 2.24) is 5.32 Å². The number of terminal acetylenes is 1. The van der Waals surface area contributed by atoms with Gasteiger partial charge in [0.25, 0.3) is 11.6 Å². The quantitative estimate of drug-likeness (QED) is 0.480. The van der Waals surface area contributed by atoms with E-state index in [0.29, 0.717) is 4.47 Å². The summed E-state index contributed by atoms with van der Waals surface area (Å²) in [5.74, 6) is 0.0940. The fourth-order valence-corrected chi connectivity index (χ4v) is 1.78. The molecule has 104 valence electrons. The molecule has 0 saturated heterocycles. The van der Waals surface area contributed by atoms with Crippen LogP contribution in [0.5, 0.6) is 0 Å². The van der Waals surface area contributed by atoms with Gasteiger partial charge in [-0.05, 0) is 22.0 Å². The molecule has 1 amide bonds. The molecule has 8 heteroatoms. The van der Waals surface area contributed by atoms with E-state index in [2.05, 4.69) is 27.2 Å². The van der Waals surface area contributed by atoms with Crippen LogP contribution in [-0.2, 0) is 4.79 Å². The molecule has 0 aliphatic rings. The van der Waals surface area contributed by atoms with E-state index in [-0.39, 0.29) is 17.7 Å². The van der Waals surface area contributed by atoms with Crippen molar-refractivity contribution in [3.63, 3.8) is 0 Å². The number of carboxylic acid groups (broad SMARTS) is 1. The molecular weight excluding hydrogens is 332 g/mol. The molecule has 1 atom stereocenters. The molecule has 0 saturated carbocycles. The maximum absolute atomic E-state index is 11.9. The number of rotatable bonds is 5. The molecule has 2 N–H and O–H groups in total. The van der Waals surface area contributed by atoms with Crippen molar-refractivity contribution in [3.8, 4) is 12.3 Å². The molecule has 20 heavy (non-hydrogen) atoms. The van der Waals surface area contributed by atoms with Crippen LogP contribution in [0.3, 0.4) is 0 Å². The zero-order valence-corrected chi connectivity index (χ0v) is 11.6. The van der Waals surface area contributed by atoms with Crippen molar-refractivity contribution >= 4 is 33.5 Å². The monoisotopic (exact) mass is 340 g/mol. The summed E-state index contributed by atoms with van der Waals surface area (Å²) in [6, 6.07) is 2.36. The number of non-ortho nitro benzene ring substituents is 1. The van der Waals surface area contributed by atoms with Crippen LogP contribution in [0.25, 0.3) is 0 Å². The van der Waals surface area contributed by atoms with Gasteiger partial charge in [-0.15, -0.1) is 12.3 Å². The average molecular weight is 341 g/mol. The number of aliphatic carboxylic acids is 1. The first-order valence-corrected chi connectivity index (χ1v) is 6.07. The van der Waals surface area contributed by atoms with E-state index in [1.54, 1.807) is 0 Å². The van der Waals surface area contributed by atoms with E-state index in [4.69, 9.17) is 11.5 Å². The van der Waals surface area contributed by atoms with E-state index in [1.807, 2.05) is 0 Å². The van der Waals surface area contributed by atoms with Crippen LogP contribution in [0, 0.1) is 22.5 Å². The fraction of sp³-hybridized carbons (Fsp3) is 0.167. The highest BCUT2D eigenvalue weighted by molar-refractivity contribution is 9.10. The van der Waals surface area contributed by atoms with Crippen LogP contribution in [0.2, 0.25) is 0 Å². The van der Waals surface area contributed by atoms with Crippen molar-refractivity contribution in [2.45, 2.75) is 12.5 Å². The summed E-state index contributed by atoms with van der Waals surface area (Å²) in [6.45, 7) is 0. The summed E-state index contributed by atoms with van der Waals surface area (Å²) in [5.41, 5.74) is -0.315. The summed E-state index contributed by atoms with van der Waals surface area (Å²) in [4.78, 5) is 32.8. The van der Waals surface area contributed by atoms with Gasteiger partial charge in [0, 0.05) is 23.0 Å². The molecule has 0 aliphatic heterocycles. The molecule has 1 unspecified atom stereocenters. The number of hydrogen-bond donors (Lipinski definition) is 2. The summed E-state index contributed by atoms with van der Waals surface area (Å²) >= 11 is 3.07. The molecule has 1 aromatic rings. The number of nitro groups is 1. The normalized spacial score (nSPS) is 11.2. The van der Waals surface area contributed by atoms with Gasteiger partial charge >= 0.3 is 5.97 Å². The Morgan fingerprint density at radius 3 is 2.70 bits per heavy atom. The van der Waals surface area contributed by atoms with Gasteiger partial charge in [-0.2, -0.15) is 0 Å². The van der Waals surface area contributed by atoms with Gasteiger partial charge in [-0.3, -0.25) is 14.9 Å². The van der Waals surface area contributed by atoms with E-state index in [0.717, 1.165) is 6.07 Å². The third-order valence-electron chi connectivity index (χ3n) is 2.33. The van der Waals surface area contributed by atoms with Gasteiger partial charge in [0.15, 0.2) is 0 Å². The summed E-state index contributed by atoms with van der Waals surface area (Å²) in [5, 5.41) is 21.7. The molecule has 0 aromatic heterocycles. The standard InChI is InChI=1S/C12H9BrN2O5/c1-2-3-10(12(17)18)14-11(16)8-6-7(15(19)20)4-5-9(8)13/h1,4-6,10H,3H2,(H,14,16)(H,17,18). The van der Waals surface area contributed by atoms with Gasteiger partial charge in [-0.1, -0.05) is 0 Å². The number of nitrogens with one attached hydrogen (secondary N) is 1. The van der Waals surface area contributed by atoms with E-state index in [9.17, 15) is 19.7 Å². The first-order chi connectivity index (χ1) is 9.36. The lowest BCUT2D eigenvalue weighted by Gasteiger charge is -2.12. The van der Waals surface area contributed by atoms with E-state index < -0.39 is 22.8 Å². The minimum absolute atomic E-state index is 0.0394. The van der Waals surface area contributed by atoms with Crippen molar-refractivity contribution in [2.75, 3.05) is 0 Å². The van der Waals surface area contributed by atoms with Gasteiger partial charge in [0.2, 0.25) is 0 Å². The zero-order valence-electron chi connectivity index (χ0n) is 10.00. The van der Waals surface area contributed by atoms with Crippen LogP contribution >= 0.6 is 15.9 Å². The molecule has 0 radical (unpaired) electrons. The van der Waals surface area contributed by atoms with Crippen LogP contribution in [0.4, 0.5) is 5.69 Å². The van der Waals surface area contributed by atoms with Crippen molar-refractivity contribution in [3.05, 3.63) is 38.3 Å². The maximum Gasteiger partial charge on any atom is 0.327 e. The minimum Gasteiger partial charge on any atom is -0.480 e. The number of carboxylic acids is 1. The number of carbonyl (C=O) groups excluding carboxylic acids is 1. The highest BCUT2D eigenvalue weighted by Gasteiger charge is 2.22. The van der Waals surface area contributed by atoms with Crippen LogP contribution in [0.15, 0.2) is 22.7 Å². The largest absolute Gasteiger partial charge is 0.480 e. The molecule has 0 bridgehead atoms. The molecule has 0 heterocycles. The highest BCUT2D eigenvalue weighted by Crippen LogP contribution is 2.22. The third-order valence-corrected chi connectivity index (χ3v) is 3.02. The number of halogens is 1. The molecule has 1 aromatic carbocycles. The van der Waals surface area contributed by atoms with Crippen LogP contribution < -0.4 is 5.32 Å². The Hall–Kier alpha value is -2.40. The minimum atomic E-state index is -1.28. The van der Waals surface area contributed by atoms with Crippen LogP contribution in [-0.4, -0.2) is 27.9 Å². The molecule has 0 fully saturated rings. The third kappa shape index (κ3) is 3.80. The number of hydrogen-bond acceptors (Lipinski definition) is 4. The van der Waals surface area contributed by atoms with Gasteiger partial charge in [0.05, 0.1) is 10.5 Å². The van der Waals surface area contributed by atoms with E-state index >= 15 is 0 Å². The van der Waals surface area contributed by atoms with E-state index in [1.165, 1.54) is 12.1 Å². The van der Waals surface area contributed by atoms with Gasteiger partial charge in [0.1, 0.15) is 6.04 Å². The molecule has 1 rings (SSSR count). The lowest BCUT2D eigenvalue weighted by Crippen LogP contribution is -2.40. The molecule has 0 spiro atoms. The number of carbonyl (C=O) groups is 2. The van der Waals surface area contributed by atoms with Crippen LogP contribution in [0.1, 0.15) is 16.8 Å². The summed E-state index contributed by atoms with van der Waals surface area (Å²) in [7, 11) is 0. The first kappa shape index (κ1) is 15.7. The van der Waals surface area contributed by atoms with Crippen molar-refractivity contribution in [1.29, 1.82) is 0 Å². The zero-order chi connectivity index (χ0) is 15.3. The Kier molecular flexibility index (Phi) is 5.23. The molecule has 7 nitrogen and oxygen atoms in total. The number of nitrogens with zero attached hydrogens (tertiary/aromatic N) is 1. The first-order valence-electron chi connectivity index (χ1n) is 5.28. The lowest BCUT2D eigenvalue weighted by atomic mass is 10.1. The molecule has 0 aliphatic carbocycles. The Morgan fingerprint density at radius 1 is 1.55 bits per heavy atom. The van der Waals surface area contributed by atoms with Gasteiger partial charge in [-0.25, -0.2) is 4.79 Å². The Balaban J connectivity index is 3.02. The second-order valence-corrected chi connectivity index (χ2v) is 4.55. The van der Waals surface area contributed by atoms with Crippen molar-refractivity contribution in [2.24, 2.45) is 0 Å². The smallest absolute Gasteiger partial charge is 0.327 e. The predicted octanol–water partition coefficient (Wildman–Crippen LogP) is 1.56. The maximum atomic E-state index is 11.9. The summed E-state index contributed by atoms with van der Waals surface area (Å²) < 4.78 is 0.311. The Bertz CT molecular complexity index is 608. The second-order valence-electron chi connectivity index (χ2n) is 3.69. The predicted molar refractivity (Wildman–Crippen MR) is 73.1 cm³/mol. The second kappa shape index (κ2) is 6.68. The van der Waals surface area contributed by atoms with Crippen molar-refractivity contribution < 1.29 is 19.6 Å². The number of amides is 1. The highest BCUT2D eigenvalue weighted by atomic mass is 79.9. The topological polar surface area (TPSA) is 110 Å². The number of nitro benzene ring substituents is 1. The Labute approximate surface area is 122 Å². The SMILES string of the molecule is C#CCC(NC(=O)c1cc([N+](=O)[O-])ccc1Br)C(=O)O. The van der Waals surface area contributed by atoms with Gasteiger partial charge < -0.3 is 10.4 Å². The summed E-state index contributed by atoms with van der Waals surface area (Å²) in [6.07, 6.45) is 4.83. The molecular formula is C12H9BrN2O5. The lowest BCUT2D eigenvalue weighted by molar-refractivity contribution is -0.384. The average Bonchev–Trinajstić information content (AvgIpc) is 2.38.